The Morgan fingerprint density at radius 1 is 0.758 bits per heavy atom. The van der Waals surface area contributed by atoms with E-state index >= 15 is 0 Å². The van der Waals surface area contributed by atoms with E-state index in [0.717, 1.165) is 5.39 Å². The van der Waals surface area contributed by atoms with E-state index in [1.54, 1.807) is 36.4 Å². The summed E-state index contributed by atoms with van der Waals surface area (Å²) in [6, 6.07) is 20.0. The van der Waals surface area contributed by atoms with Gasteiger partial charge >= 0.3 is 11.9 Å². The third kappa shape index (κ3) is 4.69. The molecule has 0 spiro atoms. The topological polar surface area (TPSA) is 104 Å². The number of furan rings is 1. The van der Waals surface area contributed by atoms with E-state index in [1.807, 2.05) is 18.2 Å². The summed E-state index contributed by atoms with van der Waals surface area (Å²) < 4.78 is 20.9. The molecule has 0 fully saturated rings. The molecular formula is C25H19NO7. The molecule has 0 atom stereocenters. The molecule has 0 saturated heterocycles. The summed E-state index contributed by atoms with van der Waals surface area (Å²) in [5.74, 6) is -0.893. The second-order valence-corrected chi connectivity index (χ2v) is 6.92. The van der Waals surface area contributed by atoms with Crippen LogP contribution in [0.4, 0.5) is 5.69 Å². The summed E-state index contributed by atoms with van der Waals surface area (Å²) in [6.07, 6.45) is 0. The normalized spacial score (nSPS) is 10.5. The highest BCUT2D eigenvalue weighted by molar-refractivity contribution is 6.05. The Morgan fingerprint density at radius 2 is 1.48 bits per heavy atom. The predicted octanol–water partition coefficient (Wildman–Crippen LogP) is 5.05. The van der Waals surface area contributed by atoms with E-state index in [0.29, 0.717) is 22.8 Å². The molecule has 0 unspecified atom stereocenters. The summed E-state index contributed by atoms with van der Waals surface area (Å²) in [5, 5.41) is 3.60. The Labute approximate surface area is 188 Å². The van der Waals surface area contributed by atoms with Crippen molar-refractivity contribution in [2.75, 3.05) is 19.5 Å². The molecule has 0 saturated carbocycles. The number of amides is 1. The molecule has 0 aliphatic heterocycles. The van der Waals surface area contributed by atoms with Gasteiger partial charge in [0.2, 0.25) is 0 Å². The highest BCUT2D eigenvalue weighted by atomic mass is 16.5. The summed E-state index contributed by atoms with van der Waals surface area (Å²) in [7, 11) is 2.43. The van der Waals surface area contributed by atoms with Gasteiger partial charge in [-0.3, -0.25) is 4.79 Å². The molecule has 4 rings (SSSR count). The van der Waals surface area contributed by atoms with E-state index in [-0.39, 0.29) is 16.9 Å². The first kappa shape index (κ1) is 21.6. The number of hydrogen-bond acceptors (Lipinski definition) is 7. The predicted molar refractivity (Wildman–Crippen MR) is 120 cm³/mol. The molecule has 0 bridgehead atoms. The molecule has 3 aromatic carbocycles. The molecular weight excluding hydrogens is 426 g/mol. The monoisotopic (exact) mass is 445 g/mol. The summed E-state index contributed by atoms with van der Waals surface area (Å²) >= 11 is 0. The Bertz CT molecular complexity index is 1320. The fourth-order valence-electron chi connectivity index (χ4n) is 3.21. The number of methoxy groups -OCH3 is 2. The molecule has 8 heteroatoms. The van der Waals surface area contributed by atoms with Crippen LogP contribution in [-0.2, 0) is 9.47 Å². The van der Waals surface area contributed by atoms with Crippen LogP contribution >= 0.6 is 0 Å². The van der Waals surface area contributed by atoms with Crippen molar-refractivity contribution in [1.82, 2.24) is 0 Å². The number of carbonyl (C=O) groups excluding carboxylic acids is 3. The highest BCUT2D eigenvalue weighted by Gasteiger charge is 2.20. The Kier molecular flexibility index (Phi) is 6.08. The number of rotatable bonds is 6. The van der Waals surface area contributed by atoms with E-state index < -0.39 is 17.8 Å². The zero-order valence-electron chi connectivity index (χ0n) is 17.8. The maximum Gasteiger partial charge on any atom is 0.338 e. The number of anilines is 1. The molecule has 1 N–H and O–H groups in total. The van der Waals surface area contributed by atoms with Gasteiger partial charge in [0.25, 0.3) is 5.91 Å². The van der Waals surface area contributed by atoms with E-state index in [2.05, 4.69) is 5.32 Å². The van der Waals surface area contributed by atoms with Crippen molar-refractivity contribution >= 4 is 34.5 Å². The maximum absolute atomic E-state index is 12.6. The van der Waals surface area contributed by atoms with Crippen LogP contribution in [-0.4, -0.2) is 32.1 Å². The minimum Gasteiger partial charge on any atom is -0.465 e. The maximum atomic E-state index is 12.6. The Balaban J connectivity index is 1.53. The largest absolute Gasteiger partial charge is 0.465 e. The van der Waals surface area contributed by atoms with Crippen LogP contribution in [0.3, 0.4) is 0 Å². The molecule has 8 nitrogen and oxygen atoms in total. The van der Waals surface area contributed by atoms with Gasteiger partial charge in [-0.15, -0.1) is 0 Å². The third-order valence-corrected chi connectivity index (χ3v) is 4.78. The van der Waals surface area contributed by atoms with E-state index in [9.17, 15) is 14.4 Å². The van der Waals surface area contributed by atoms with Crippen molar-refractivity contribution < 1.29 is 33.0 Å². The van der Waals surface area contributed by atoms with Crippen LogP contribution in [0.25, 0.3) is 11.0 Å². The number of esters is 2. The quantitative estimate of drug-likeness (QED) is 0.414. The number of hydrogen-bond donors (Lipinski definition) is 1. The number of para-hydroxylation sites is 1. The van der Waals surface area contributed by atoms with Crippen LogP contribution in [0, 0.1) is 0 Å². The van der Waals surface area contributed by atoms with Gasteiger partial charge in [0.1, 0.15) is 17.1 Å². The van der Waals surface area contributed by atoms with Gasteiger partial charge < -0.3 is 23.9 Å². The standard InChI is InChI=1S/C25H19NO7/c1-30-24(28)19-11-10-18(14-20(19)25(29)31-2)32-17-8-5-7-16(13-17)26-23(27)22-12-15-6-3-4-9-21(15)33-22/h3-14H,1-2H3,(H,26,27). The molecule has 0 aliphatic carbocycles. The van der Waals surface area contributed by atoms with Crippen LogP contribution in [0.5, 0.6) is 11.5 Å². The van der Waals surface area contributed by atoms with Gasteiger partial charge in [-0.25, -0.2) is 9.59 Å². The van der Waals surface area contributed by atoms with Crippen molar-refractivity contribution in [3.05, 3.63) is 89.7 Å². The van der Waals surface area contributed by atoms with Crippen molar-refractivity contribution in [2.45, 2.75) is 0 Å². The first-order valence-electron chi connectivity index (χ1n) is 9.87. The van der Waals surface area contributed by atoms with Crippen molar-refractivity contribution in [2.24, 2.45) is 0 Å². The molecule has 0 aliphatic rings. The van der Waals surface area contributed by atoms with E-state index in [4.69, 9.17) is 18.6 Å². The number of fused-ring (bicyclic) bond motifs is 1. The molecule has 33 heavy (non-hydrogen) atoms. The van der Waals surface area contributed by atoms with Gasteiger partial charge in [-0.05, 0) is 42.5 Å². The second kappa shape index (κ2) is 9.27. The third-order valence-electron chi connectivity index (χ3n) is 4.78. The van der Waals surface area contributed by atoms with Gasteiger partial charge in [0, 0.05) is 17.1 Å². The highest BCUT2D eigenvalue weighted by Crippen LogP contribution is 2.27. The fraction of sp³-hybridized carbons (Fsp3) is 0.0800. The number of nitrogens with one attached hydrogen (secondary N) is 1. The molecule has 166 valence electrons. The smallest absolute Gasteiger partial charge is 0.338 e. The second-order valence-electron chi connectivity index (χ2n) is 6.92. The first-order chi connectivity index (χ1) is 16.0. The van der Waals surface area contributed by atoms with Crippen molar-refractivity contribution in [3.63, 3.8) is 0 Å². The molecule has 4 aromatic rings. The zero-order valence-corrected chi connectivity index (χ0v) is 17.8. The van der Waals surface area contributed by atoms with Gasteiger partial charge in [-0.2, -0.15) is 0 Å². The summed E-state index contributed by atoms with van der Waals surface area (Å²) in [4.78, 5) is 36.6. The van der Waals surface area contributed by atoms with Crippen molar-refractivity contribution in [1.29, 1.82) is 0 Å². The van der Waals surface area contributed by atoms with Gasteiger partial charge in [0.15, 0.2) is 5.76 Å². The average Bonchev–Trinajstić information content (AvgIpc) is 3.28. The lowest BCUT2D eigenvalue weighted by atomic mass is 10.1. The van der Waals surface area contributed by atoms with Gasteiger partial charge in [-0.1, -0.05) is 24.3 Å². The van der Waals surface area contributed by atoms with Crippen LogP contribution in [0.2, 0.25) is 0 Å². The summed E-state index contributed by atoms with van der Waals surface area (Å²) in [6.45, 7) is 0. The molecule has 1 heterocycles. The van der Waals surface area contributed by atoms with E-state index in [1.165, 1.54) is 32.4 Å². The molecule has 1 amide bonds. The van der Waals surface area contributed by atoms with Crippen LogP contribution in [0.1, 0.15) is 31.3 Å². The van der Waals surface area contributed by atoms with Crippen LogP contribution in [0.15, 0.2) is 77.2 Å². The lowest BCUT2D eigenvalue weighted by Gasteiger charge is -2.11. The minimum absolute atomic E-state index is 0.0104. The fourth-order valence-corrected chi connectivity index (χ4v) is 3.21. The zero-order chi connectivity index (χ0) is 23.4. The Hall–Kier alpha value is -4.59. The van der Waals surface area contributed by atoms with Gasteiger partial charge in [0.05, 0.1) is 25.3 Å². The average molecular weight is 445 g/mol. The lowest BCUT2D eigenvalue weighted by molar-refractivity contribution is 0.0555. The first-order valence-corrected chi connectivity index (χ1v) is 9.87. The number of ether oxygens (including phenoxy) is 3. The lowest BCUT2D eigenvalue weighted by Crippen LogP contribution is -2.12. The summed E-state index contributed by atoms with van der Waals surface area (Å²) in [5.41, 5.74) is 1.17. The van der Waals surface area contributed by atoms with Crippen LogP contribution < -0.4 is 10.1 Å². The SMILES string of the molecule is COC(=O)c1ccc(Oc2cccc(NC(=O)c3cc4ccccc4o3)c2)cc1C(=O)OC. The van der Waals surface area contributed by atoms with Crippen molar-refractivity contribution in [3.8, 4) is 11.5 Å². The molecule has 1 aromatic heterocycles. The number of carbonyl (C=O) groups is 3. The number of benzene rings is 3. The Morgan fingerprint density at radius 3 is 2.24 bits per heavy atom. The molecule has 0 radical (unpaired) electrons. The minimum atomic E-state index is -0.701.